The van der Waals surface area contributed by atoms with Gasteiger partial charge in [0.1, 0.15) is 11.5 Å². The van der Waals surface area contributed by atoms with E-state index in [0.717, 1.165) is 9.87 Å². The molecule has 1 amide bonds. The molecule has 0 heterocycles. The number of carbonyl (C=O) groups is 1. The van der Waals surface area contributed by atoms with Gasteiger partial charge < -0.3 is 14.8 Å². The van der Waals surface area contributed by atoms with Crippen LogP contribution in [-0.4, -0.2) is 53.0 Å². The van der Waals surface area contributed by atoms with Gasteiger partial charge in [0.2, 0.25) is 15.9 Å². The second-order valence-corrected chi connectivity index (χ2v) is 7.90. The second kappa shape index (κ2) is 9.38. The van der Waals surface area contributed by atoms with E-state index in [0.29, 0.717) is 24.5 Å². The average molecular weight is 392 g/mol. The summed E-state index contributed by atoms with van der Waals surface area (Å²) in [4.78, 5) is 12.3. The monoisotopic (exact) mass is 392 g/mol. The van der Waals surface area contributed by atoms with Crippen molar-refractivity contribution >= 4 is 15.9 Å². The van der Waals surface area contributed by atoms with E-state index in [-0.39, 0.29) is 17.3 Å². The fourth-order valence-electron chi connectivity index (χ4n) is 2.53. The molecule has 0 aliphatic carbocycles. The molecule has 2 rings (SSSR count). The van der Waals surface area contributed by atoms with Gasteiger partial charge in [-0.15, -0.1) is 0 Å². The highest BCUT2D eigenvalue weighted by molar-refractivity contribution is 7.89. The van der Waals surface area contributed by atoms with Crippen molar-refractivity contribution in [2.75, 3.05) is 34.4 Å². The molecule has 0 spiro atoms. The number of benzene rings is 2. The zero-order valence-corrected chi connectivity index (χ0v) is 16.5. The number of nitrogens with one attached hydrogen (secondary N) is 1. The maximum absolute atomic E-state index is 12.4. The van der Waals surface area contributed by atoms with E-state index in [2.05, 4.69) is 5.32 Å². The van der Waals surface area contributed by atoms with Crippen molar-refractivity contribution in [1.82, 2.24) is 9.62 Å². The van der Waals surface area contributed by atoms with Crippen LogP contribution >= 0.6 is 0 Å². The summed E-state index contributed by atoms with van der Waals surface area (Å²) in [5, 5.41) is 2.73. The lowest BCUT2D eigenvalue weighted by Gasteiger charge is -2.17. The Labute approximate surface area is 160 Å². The maximum atomic E-state index is 12.4. The topological polar surface area (TPSA) is 84.9 Å². The van der Waals surface area contributed by atoms with Crippen molar-refractivity contribution < 1.29 is 22.7 Å². The molecule has 0 radical (unpaired) electrons. The first-order valence-electron chi connectivity index (χ1n) is 8.37. The number of methoxy groups -OCH3 is 2. The molecule has 0 bridgehead atoms. The van der Waals surface area contributed by atoms with Gasteiger partial charge in [0.05, 0.1) is 25.7 Å². The standard InChI is InChI=1S/C19H24N2O5S/c1-21(27(23,24)17-7-5-4-6-8-17)14-19(22)20-12-11-15-13-16(25-2)9-10-18(15)26-3/h4-10,13H,11-12,14H2,1-3H3,(H,20,22). The zero-order chi connectivity index (χ0) is 19.9. The SMILES string of the molecule is COc1ccc(OC)c(CCNC(=O)CN(C)S(=O)(=O)c2ccccc2)c1. The number of hydrogen-bond donors (Lipinski definition) is 1. The average Bonchev–Trinajstić information content (AvgIpc) is 2.68. The van der Waals surface area contributed by atoms with E-state index < -0.39 is 10.0 Å². The summed E-state index contributed by atoms with van der Waals surface area (Å²) in [5.41, 5.74) is 0.891. The summed E-state index contributed by atoms with van der Waals surface area (Å²) in [6, 6.07) is 13.5. The van der Waals surface area contributed by atoms with Crippen LogP contribution in [0.15, 0.2) is 53.4 Å². The summed E-state index contributed by atoms with van der Waals surface area (Å²) < 4.78 is 36.4. The number of rotatable bonds is 9. The molecule has 0 fully saturated rings. The highest BCUT2D eigenvalue weighted by Gasteiger charge is 2.22. The minimum absolute atomic E-state index is 0.154. The van der Waals surface area contributed by atoms with E-state index >= 15 is 0 Å². The minimum atomic E-state index is -3.69. The first kappa shape index (κ1) is 20.7. The van der Waals surface area contributed by atoms with Crippen molar-refractivity contribution in [3.8, 4) is 11.5 Å². The molecule has 2 aromatic carbocycles. The van der Waals surface area contributed by atoms with Crippen LogP contribution in [0.4, 0.5) is 0 Å². The van der Waals surface area contributed by atoms with E-state index in [1.54, 1.807) is 44.6 Å². The third kappa shape index (κ3) is 5.45. The number of carbonyl (C=O) groups excluding carboxylic acids is 1. The van der Waals surface area contributed by atoms with Gasteiger partial charge in [0.25, 0.3) is 0 Å². The molecule has 0 saturated carbocycles. The van der Waals surface area contributed by atoms with E-state index in [9.17, 15) is 13.2 Å². The molecule has 0 aromatic heterocycles. The predicted octanol–water partition coefficient (Wildman–Crippen LogP) is 1.68. The van der Waals surface area contributed by atoms with Crippen molar-refractivity contribution in [2.45, 2.75) is 11.3 Å². The lowest BCUT2D eigenvalue weighted by molar-refractivity contribution is -0.121. The van der Waals surface area contributed by atoms with Crippen molar-refractivity contribution in [3.05, 3.63) is 54.1 Å². The number of sulfonamides is 1. The number of amides is 1. The van der Waals surface area contributed by atoms with Gasteiger partial charge in [0, 0.05) is 13.6 Å². The Morgan fingerprint density at radius 2 is 1.78 bits per heavy atom. The van der Waals surface area contributed by atoms with Crippen LogP contribution in [0.25, 0.3) is 0 Å². The number of ether oxygens (including phenoxy) is 2. The third-order valence-corrected chi connectivity index (χ3v) is 5.84. The molecular weight excluding hydrogens is 368 g/mol. The van der Waals surface area contributed by atoms with E-state index in [4.69, 9.17) is 9.47 Å². The molecule has 0 unspecified atom stereocenters. The molecule has 2 aromatic rings. The molecule has 0 aliphatic rings. The number of likely N-dealkylation sites (N-methyl/N-ethyl adjacent to an activating group) is 1. The Kier molecular flexibility index (Phi) is 7.20. The summed E-state index contributed by atoms with van der Waals surface area (Å²) in [7, 11) is 0.843. The van der Waals surface area contributed by atoms with E-state index in [1.807, 2.05) is 6.07 Å². The first-order valence-corrected chi connectivity index (χ1v) is 9.81. The fraction of sp³-hybridized carbons (Fsp3) is 0.316. The molecule has 27 heavy (non-hydrogen) atoms. The Hall–Kier alpha value is -2.58. The summed E-state index contributed by atoms with van der Waals surface area (Å²) in [5.74, 6) is 1.03. The summed E-state index contributed by atoms with van der Waals surface area (Å²) in [6.45, 7) is 0.0913. The van der Waals surface area contributed by atoms with Crippen LogP contribution in [-0.2, 0) is 21.2 Å². The lowest BCUT2D eigenvalue weighted by Crippen LogP contribution is -2.39. The Bertz CT molecular complexity index is 869. The third-order valence-electron chi connectivity index (χ3n) is 4.02. The molecule has 7 nitrogen and oxygen atoms in total. The summed E-state index contributed by atoms with van der Waals surface area (Å²) in [6.07, 6.45) is 0.529. The highest BCUT2D eigenvalue weighted by Crippen LogP contribution is 2.24. The quantitative estimate of drug-likeness (QED) is 0.702. The maximum Gasteiger partial charge on any atom is 0.243 e. The van der Waals surface area contributed by atoms with Gasteiger partial charge >= 0.3 is 0 Å². The molecular formula is C19H24N2O5S. The molecule has 8 heteroatoms. The molecule has 0 atom stereocenters. The fourth-order valence-corrected chi connectivity index (χ4v) is 3.68. The predicted molar refractivity (Wildman–Crippen MR) is 103 cm³/mol. The van der Waals surface area contributed by atoms with Crippen LogP contribution in [0.3, 0.4) is 0 Å². The molecule has 146 valence electrons. The number of hydrogen-bond acceptors (Lipinski definition) is 5. The molecule has 0 aliphatic heterocycles. The van der Waals surface area contributed by atoms with E-state index in [1.165, 1.54) is 19.2 Å². The van der Waals surface area contributed by atoms with Crippen molar-refractivity contribution in [3.63, 3.8) is 0 Å². The van der Waals surface area contributed by atoms with Crippen LogP contribution in [0.1, 0.15) is 5.56 Å². The Morgan fingerprint density at radius 1 is 1.07 bits per heavy atom. The molecule has 1 N–H and O–H groups in total. The van der Waals surface area contributed by atoms with Crippen LogP contribution in [0.5, 0.6) is 11.5 Å². The van der Waals surface area contributed by atoms with Crippen LogP contribution in [0, 0.1) is 0 Å². The normalized spacial score (nSPS) is 11.3. The van der Waals surface area contributed by atoms with Crippen LogP contribution in [0.2, 0.25) is 0 Å². The second-order valence-electron chi connectivity index (χ2n) is 5.85. The smallest absolute Gasteiger partial charge is 0.243 e. The lowest BCUT2D eigenvalue weighted by atomic mass is 10.1. The number of nitrogens with zero attached hydrogens (tertiary/aromatic N) is 1. The first-order chi connectivity index (χ1) is 12.9. The van der Waals surface area contributed by atoms with Gasteiger partial charge in [-0.2, -0.15) is 4.31 Å². The Morgan fingerprint density at radius 3 is 2.41 bits per heavy atom. The van der Waals surface area contributed by atoms with Gasteiger partial charge in [-0.3, -0.25) is 4.79 Å². The zero-order valence-electron chi connectivity index (χ0n) is 15.6. The molecule has 0 saturated heterocycles. The largest absolute Gasteiger partial charge is 0.497 e. The highest BCUT2D eigenvalue weighted by atomic mass is 32.2. The minimum Gasteiger partial charge on any atom is -0.497 e. The Balaban J connectivity index is 1.91. The van der Waals surface area contributed by atoms with Crippen LogP contribution < -0.4 is 14.8 Å². The van der Waals surface area contributed by atoms with Gasteiger partial charge in [-0.1, -0.05) is 18.2 Å². The summed E-state index contributed by atoms with van der Waals surface area (Å²) >= 11 is 0. The van der Waals surface area contributed by atoms with Crippen molar-refractivity contribution in [2.24, 2.45) is 0 Å². The van der Waals surface area contributed by atoms with Gasteiger partial charge in [0.15, 0.2) is 0 Å². The van der Waals surface area contributed by atoms with Gasteiger partial charge in [-0.05, 0) is 42.3 Å². The van der Waals surface area contributed by atoms with Crippen molar-refractivity contribution in [1.29, 1.82) is 0 Å². The van der Waals surface area contributed by atoms with Gasteiger partial charge in [-0.25, -0.2) is 8.42 Å².